The molecule has 2 heterocycles. The second-order valence-electron chi connectivity index (χ2n) is 7.24. The van der Waals surface area contributed by atoms with Gasteiger partial charge >= 0.3 is 0 Å². The van der Waals surface area contributed by atoms with Crippen molar-refractivity contribution in [2.75, 3.05) is 11.1 Å². The van der Waals surface area contributed by atoms with E-state index in [0.29, 0.717) is 27.2 Å². The highest BCUT2D eigenvalue weighted by atomic mass is 32.2. The first-order valence-corrected chi connectivity index (χ1v) is 11.8. The molecule has 0 unspecified atom stereocenters. The third kappa shape index (κ3) is 4.79. The molecule has 10 heteroatoms. The van der Waals surface area contributed by atoms with Crippen LogP contribution in [-0.2, 0) is 5.75 Å². The average molecular weight is 489 g/mol. The van der Waals surface area contributed by atoms with Gasteiger partial charge in [-0.1, -0.05) is 41.6 Å². The van der Waals surface area contributed by atoms with Gasteiger partial charge in [0.1, 0.15) is 28.5 Å². The maximum Gasteiger partial charge on any atom is 0.187 e. The number of benzene rings is 2. The maximum atomic E-state index is 13.2. The zero-order chi connectivity index (χ0) is 24.2. The fourth-order valence-corrected chi connectivity index (χ4v) is 4.92. The van der Waals surface area contributed by atoms with Crippen LogP contribution in [0.1, 0.15) is 22.4 Å². The molecule has 4 rings (SSSR count). The second kappa shape index (κ2) is 9.79. The molecule has 0 spiro atoms. The first kappa shape index (κ1) is 23.1. The standard InChI is InChI=1S/C24H17FN6OS2/c1-13-2-4-14(5-3-13)21-17(9-26)22(28)31-23(18(21)10-27)33-11-16-12-34-24(30-16)29-15-6-7-19(25)20(32)8-15/h2-8,12,32H,11H2,1H3,(H2,28,31)(H,29,30). The summed E-state index contributed by atoms with van der Waals surface area (Å²) in [5.41, 5.74) is 10.0. The number of nitriles is 2. The number of nitrogens with two attached hydrogens (primary N) is 1. The van der Waals surface area contributed by atoms with Crippen LogP contribution >= 0.6 is 23.1 Å². The van der Waals surface area contributed by atoms with E-state index in [1.165, 1.54) is 35.2 Å². The predicted octanol–water partition coefficient (Wildman–Crippen LogP) is 5.72. The molecule has 7 nitrogen and oxygen atoms in total. The average Bonchev–Trinajstić information content (AvgIpc) is 3.27. The van der Waals surface area contributed by atoms with Gasteiger partial charge in [0.05, 0.1) is 11.3 Å². The van der Waals surface area contributed by atoms with E-state index in [4.69, 9.17) is 5.73 Å². The smallest absolute Gasteiger partial charge is 0.187 e. The van der Waals surface area contributed by atoms with E-state index in [1.54, 1.807) is 0 Å². The summed E-state index contributed by atoms with van der Waals surface area (Å²) in [6.45, 7) is 1.96. The number of aryl methyl sites for hydroxylation is 1. The summed E-state index contributed by atoms with van der Waals surface area (Å²) in [6, 6.07) is 15.7. The normalized spacial score (nSPS) is 10.5. The molecule has 4 aromatic rings. The number of nitrogen functional groups attached to an aromatic ring is 1. The summed E-state index contributed by atoms with van der Waals surface area (Å²) in [5.74, 6) is -0.673. The lowest BCUT2D eigenvalue weighted by atomic mass is 9.96. The summed E-state index contributed by atoms with van der Waals surface area (Å²) in [4.78, 5) is 8.81. The molecule has 168 valence electrons. The van der Waals surface area contributed by atoms with Crippen molar-refractivity contribution < 1.29 is 9.50 Å². The van der Waals surface area contributed by atoms with Gasteiger partial charge in [-0.2, -0.15) is 10.5 Å². The molecule has 0 fully saturated rings. The lowest BCUT2D eigenvalue weighted by molar-refractivity contribution is 0.433. The number of nitrogens with zero attached hydrogens (tertiary/aromatic N) is 4. The molecule has 0 aliphatic heterocycles. The number of thiazole rings is 1. The third-order valence-electron chi connectivity index (χ3n) is 4.86. The SMILES string of the molecule is Cc1ccc(-c2c(C#N)c(N)nc(SCc3csc(Nc4ccc(F)c(O)c4)n3)c2C#N)cc1. The molecule has 0 atom stereocenters. The summed E-state index contributed by atoms with van der Waals surface area (Å²) >= 11 is 2.64. The lowest BCUT2D eigenvalue weighted by Gasteiger charge is -2.13. The van der Waals surface area contributed by atoms with E-state index in [-0.39, 0.29) is 16.9 Å². The Kier molecular flexibility index (Phi) is 6.64. The Bertz CT molecular complexity index is 1450. The van der Waals surface area contributed by atoms with Gasteiger partial charge in [0.2, 0.25) is 0 Å². The fourth-order valence-electron chi connectivity index (χ4n) is 3.20. The number of aromatic nitrogens is 2. The van der Waals surface area contributed by atoms with Crippen molar-refractivity contribution in [1.82, 2.24) is 9.97 Å². The van der Waals surface area contributed by atoms with E-state index < -0.39 is 11.6 Å². The number of anilines is 3. The van der Waals surface area contributed by atoms with Crippen LogP contribution in [0.25, 0.3) is 11.1 Å². The Morgan fingerprint density at radius 2 is 1.85 bits per heavy atom. The van der Waals surface area contributed by atoms with Crippen molar-refractivity contribution >= 4 is 39.7 Å². The minimum atomic E-state index is -0.700. The lowest BCUT2D eigenvalue weighted by Crippen LogP contribution is -2.03. The van der Waals surface area contributed by atoms with Crippen molar-refractivity contribution in [1.29, 1.82) is 10.5 Å². The van der Waals surface area contributed by atoms with Crippen molar-refractivity contribution in [3.63, 3.8) is 0 Å². The van der Waals surface area contributed by atoms with Crippen LogP contribution in [0, 0.1) is 35.4 Å². The first-order valence-electron chi connectivity index (χ1n) is 9.93. The highest BCUT2D eigenvalue weighted by Gasteiger charge is 2.21. The topological polar surface area (TPSA) is 132 Å². The van der Waals surface area contributed by atoms with Crippen LogP contribution in [-0.4, -0.2) is 15.1 Å². The number of aromatic hydroxyl groups is 1. The van der Waals surface area contributed by atoms with Crippen molar-refractivity contribution in [3.8, 4) is 29.0 Å². The van der Waals surface area contributed by atoms with Crippen LogP contribution in [0.15, 0.2) is 52.9 Å². The maximum absolute atomic E-state index is 13.2. The van der Waals surface area contributed by atoms with Crippen molar-refractivity contribution in [2.24, 2.45) is 0 Å². The van der Waals surface area contributed by atoms with Gasteiger partial charge in [-0.15, -0.1) is 11.3 Å². The Morgan fingerprint density at radius 3 is 2.53 bits per heavy atom. The van der Waals surface area contributed by atoms with Gasteiger partial charge in [0, 0.05) is 28.5 Å². The molecular formula is C24H17FN6OS2. The number of hydrogen-bond donors (Lipinski definition) is 3. The van der Waals surface area contributed by atoms with Gasteiger partial charge in [-0.3, -0.25) is 0 Å². The molecule has 0 amide bonds. The Balaban J connectivity index is 1.59. The Hall–Kier alpha value is -4.12. The molecule has 2 aromatic carbocycles. The highest BCUT2D eigenvalue weighted by molar-refractivity contribution is 7.98. The van der Waals surface area contributed by atoms with E-state index >= 15 is 0 Å². The van der Waals surface area contributed by atoms with E-state index in [1.807, 2.05) is 36.6 Å². The zero-order valence-electron chi connectivity index (χ0n) is 17.8. The Labute approximate surface area is 203 Å². The van der Waals surface area contributed by atoms with Crippen LogP contribution in [0.4, 0.5) is 21.0 Å². The van der Waals surface area contributed by atoms with Gasteiger partial charge < -0.3 is 16.2 Å². The number of halogens is 1. The van der Waals surface area contributed by atoms with E-state index in [2.05, 4.69) is 27.4 Å². The molecule has 2 aromatic heterocycles. The summed E-state index contributed by atoms with van der Waals surface area (Å²) in [5, 5.41) is 34.9. The number of thioether (sulfide) groups is 1. The molecule has 0 saturated heterocycles. The van der Waals surface area contributed by atoms with Crippen molar-refractivity contribution in [3.05, 3.63) is 76.0 Å². The molecule has 34 heavy (non-hydrogen) atoms. The minimum Gasteiger partial charge on any atom is -0.505 e. The number of rotatable bonds is 6. The quantitative estimate of drug-likeness (QED) is 0.294. The van der Waals surface area contributed by atoms with Gasteiger partial charge in [-0.25, -0.2) is 14.4 Å². The van der Waals surface area contributed by atoms with Crippen LogP contribution in [0.3, 0.4) is 0 Å². The van der Waals surface area contributed by atoms with Gasteiger partial charge in [0.15, 0.2) is 16.7 Å². The zero-order valence-corrected chi connectivity index (χ0v) is 19.5. The number of pyridine rings is 1. The molecule has 0 aliphatic carbocycles. The Morgan fingerprint density at radius 1 is 1.12 bits per heavy atom. The second-order valence-corrected chi connectivity index (χ2v) is 9.06. The molecule has 0 saturated carbocycles. The van der Waals surface area contributed by atoms with Gasteiger partial charge in [-0.05, 0) is 24.6 Å². The van der Waals surface area contributed by atoms with Crippen LogP contribution in [0.2, 0.25) is 0 Å². The molecule has 0 aliphatic rings. The van der Waals surface area contributed by atoms with Crippen LogP contribution < -0.4 is 11.1 Å². The highest BCUT2D eigenvalue weighted by Crippen LogP contribution is 2.37. The predicted molar refractivity (Wildman–Crippen MR) is 131 cm³/mol. The molecule has 0 bridgehead atoms. The summed E-state index contributed by atoms with van der Waals surface area (Å²) in [7, 11) is 0. The molecule has 0 radical (unpaired) electrons. The van der Waals surface area contributed by atoms with Crippen molar-refractivity contribution in [2.45, 2.75) is 17.7 Å². The number of hydrogen-bond acceptors (Lipinski definition) is 9. The van der Waals surface area contributed by atoms with Gasteiger partial charge in [0.25, 0.3) is 0 Å². The van der Waals surface area contributed by atoms with E-state index in [0.717, 1.165) is 22.9 Å². The number of nitrogens with one attached hydrogen (secondary N) is 1. The number of phenols is 1. The summed E-state index contributed by atoms with van der Waals surface area (Å²) in [6.07, 6.45) is 0. The fraction of sp³-hybridized carbons (Fsp3) is 0.0833. The first-order chi connectivity index (χ1) is 16.4. The molecular weight excluding hydrogens is 471 g/mol. The largest absolute Gasteiger partial charge is 0.505 e. The molecule has 4 N–H and O–H groups in total. The monoisotopic (exact) mass is 488 g/mol. The summed E-state index contributed by atoms with van der Waals surface area (Å²) < 4.78 is 13.2. The number of phenolic OH excluding ortho intramolecular Hbond substituents is 1. The third-order valence-corrected chi connectivity index (χ3v) is 6.68. The van der Waals surface area contributed by atoms with E-state index in [9.17, 15) is 20.0 Å². The van der Waals surface area contributed by atoms with Crippen LogP contribution in [0.5, 0.6) is 5.75 Å². The minimum absolute atomic E-state index is 0.0660.